The Balaban J connectivity index is 2.18. The summed E-state index contributed by atoms with van der Waals surface area (Å²) in [7, 11) is -3.87. The first-order chi connectivity index (χ1) is 11.3. The average Bonchev–Trinajstić information content (AvgIpc) is 2.51. The van der Waals surface area contributed by atoms with E-state index in [1.807, 2.05) is 0 Å². The first-order valence-corrected chi connectivity index (χ1v) is 9.06. The summed E-state index contributed by atoms with van der Waals surface area (Å²) in [4.78, 5) is 11.6. The number of hydrogen-bond donors (Lipinski definition) is 1. The molecule has 0 aromatic heterocycles. The number of anilines is 1. The number of nitrogens with one attached hydrogen (secondary N) is 1. The van der Waals surface area contributed by atoms with Gasteiger partial charge in [-0.3, -0.25) is 4.72 Å². The zero-order valence-corrected chi connectivity index (χ0v) is 14.3. The highest BCUT2D eigenvalue weighted by atomic mass is 35.5. The van der Waals surface area contributed by atoms with Crippen LogP contribution >= 0.6 is 11.6 Å². The second-order valence-corrected chi connectivity index (χ2v) is 7.00. The third kappa shape index (κ3) is 4.69. The van der Waals surface area contributed by atoms with E-state index in [4.69, 9.17) is 16.3 Å². The molecule has 0 atom stereocenters. The molecule has 2 rings (SSSR count). The van der Waals surface area contributed by atoms with Crippen LogP contribution in [0.2, 0.25) is 5.02 Å². The van der Waals surface area contributed by atoms with Crippen molar-refractivity contribution >= 4 is 33.3 Å². The maximum atomic E-state index is 13.6. The van der Waals surface area contributed by atoms with Gasteiger partial charge in [0, 0.05) is 5.56 Å². The van der Waals surface area contributed by atoms with Crippen molar-refractivity contribution in [2.24, 2.45) is 0 Å². The predicted molar refractivity (Wildman–Crippen MR) is 90.1 cm³/mol. The number of sulfonamides is 1. The molecule has 0 bridgehead atoms. The molecule has 5 nitrogen and oxygen atoms in total. The highest BCUT2D eigenvalue weighted by Crippen LogP contribution is 2.25. The van der Waals surface area contributed by atoms with Crippen LogP contribution in [0.15, 0.2) is 42.5 Å². The van der Waals surface area contributed by atoms with Gasteiger partial charge in [0.2, 0.25) is 10.0 Å². The number of esters is 1. The van der Waals surface area contributed by atoms with Gasteiger partial charge in [-0.1, -0.05) is 29.8 Å². The number of carbonyl (C=O) groups excluding carboxylic acids is 1. The summed E-state index contributed by atoms with van der Waals surface area (Å²) in [5.74, 6) is -1.69. The second-order valence-electron chi connectivity index (χ2n) is 4.87. The Labute approximate surface area is 144 Å². The van der Waals surface area contributed by atoms with Crippen molar-refractivity contribution in [2.45, 2.75) is 12.7 Å². The van der Waals surface area contributed by atoms with Gasteiger partial charge in [-0.25, -0.2) is 17.6 Å². The summed E-state index contributed by atoms with van der Waals surface area (Å²) in [5.41, 5.74) is 0.351. The minimum atomic E-state index is -3.87. The fourth-order valence-corrected chi connectivity index (χ4v) is 3.48. The normalized spacial score (nSPS) is 11.1. The van der Waals surface area contributed by atoms with E-state index in [0.29, 0.717) is 0 Å². The standard InChI is InChI=1S/C16H15ClFNO4S/c1-2-23-16(20)11-7-8-15(13(17)9-11)19-24(21,22)10-12-5-3-4-6-14(12)18/h3-9,19H,2,10H2,1H3. The van der Waals surface area contributed by atoms with Crippen LogP contribution in [0.1, 0.15) is 22.8 Å². The van der Waals surface area contributed by atoms with Crippen molar-refractivity contribution in [1.29, 1.82) is 0 Å². The zero-order chi connectivity index (χ0) is 17.7. The third-order valence-corrected chi connectivity index (χ3v) is 4.58. The number of halogens is 2. The monoisotopic (exact) mass is 371 g/mol. The molecule has 0 heterocycles. The number of carbonyl (C=O) groups is 1. The van der Waals surface area contributed by atoms with Gasteiger partial charge in [-0.15, -0.1) is 0 Å². The van der Waals surface area contributed by atoms with Crippen LogP contribution in [0.3, 0.4) is 0 Å². The molecule has 0 fully saturated rings. The van der Waals surface area contributed by atoms with E-state index in [1.165, 1.54) is 36.4 Å². The molecule has 128 valence electrons. The van der Waals surface area contributed by atoms with Crippen molar-refractivity contribution in [3.63, 3.8) is 0 Å². The summed E-state index contributed by atoms with van der Waals surface area (Å²) in [6, 6.07) is 9.66. The van der Waals surface area contributed by atoms with E-state index >= 15 is 0 Å². The van der Waals surface area contributed by atoms with Crippen LogP contribution in [0.5, 0.6) is 0 Å². The Hall–Kier alpha value is -2.12. The van der Waals surface area contributed by atoms with Crippen molar-refractivity contribution in [2.75, 3.05) is 11.3 Å². The van der Waals surface area contributed by atoms with Crippen LogP contribution in [0.4, 0.5) is 10.1 Å². The average molecular weight is 372 g/mol. The lowest BCUT2D eigenvalue weighted by Gasteiger charge is -2.11. The first-order valence-electron chi connectivity index (χ1n) is 7.03. The molecule has 2 aromatic rings. The molecule has 0 unspecified atom stereocenters. The molecule has 1 N–H and O–H groups in total. The Morgan fingerprint density at radius 2 is 1.96 bits per heavy atom. The van der Waals surface area contributed by atoms with Crippen molar-refractivity contribution in [3.8, 4) is 0 Å². The van der Waals surface area contributed by atoms with Gasteiger partial charge in [0.05, 0.1) is 28.6 Å². The largest absolute Gasteiger partial charge is 0.462 e. The Kier molecular flexibility index (Phi) is 5.80. The van der Waals surface area contributed by atoms with Gasteiger partial charge in [-0.2, -0.15) is 0 Å². The molecule has 0 aliphatic rings. The van der Waals surface area contributed by atoms with E-state index in [1.54, 1.807) is 13.0 Å². The Morgan fingerprint density at radius 1 is 1.25 bits per heavy atom. The van der Waals surface area contributed by atoms with Gasteiger partial charge < -0.3 is 4.74 Å². The first kappa shape index (κ1) is 18.2. The van der Waals surface area contributed by atoms with E-state index < -0.39 is 27.6 Å². The predicted octanol–water partition coefficient (Wildman–Crippen LogP) is 3.60. The van der Waals surface area contributed by atoms with Gasteiger partial charge in [0.25, 0.3) is 0 Å². The van der Waals surface area contributed by atoms with E-state index in [9.17, 15) is 17.6 Å². The van der Waals surface area contributed by atoms with Crippen molar-refractivity contribution in [3.05, 3.63) is 64.4 Å². The summed E-state index contributed by atoms with van der Waals surface area (Å²) in [6.45, 7) is 1.89. The van der Waals surface area contributed by atoms with Gasteiger partial charge >= 0.3 is 5.97 Å². The molecule has 0 saturated heterocycles. The van der Waals surface area contributed by atoms with E-state index in [-0.39, 0.29) is 28.4 Å². The fraction of sp³-hybridized carbons (Fsp3) is 0.188. The molecule has 0 saturated carbocycles. The maximum Gasteiger partial charge on any atom is 0.338 e. The number of ether oxygens (including phenoxy) is 1. The molecule has 0 aliphatic heterocycles. The molecule has 0 radical (unpaired) electrons. The quantitative estimate of drug-likeness (QED) is 0.787. The van der Waals surface area contributed by atoms with Crippen LogP contribution in [-0.2, 0) is 20.5 Å². The summed E-state index contributed by atoms with van der Waals surface area (Å²) in [6.07, 6.45) is 0. The van der Waals surface area contributed by atoms with Crippen LogP contribution in [0, 0.1) is 5.82 Å². The minimum absolute atomic E-state index is 0.0395. The molecule has 0 amide bonds. The van der Waals surface area contributed by atoms with Gasteiger partial charge in [0.1, 0.15) is 5.82 Å². The van der Waals surface area contributed by atoms with Crippen LogP contribution in [0.25, 0.3) is 0 Å². The van der Waals surface area contributed by atoms with Gasteiger partial charge in [0.15, 0.2) is 0 Å². The number of rotatable bonds is 6. The lowest BCUT2D eigenvalue weighted by molar-refractivity contribution is 0.0526. The summed E-state index contributed by atoms with van der Waals surface area (Å²) >= 11 is 6.01. The molecular weight excluding hydrogens is 357 g/mol. The van der Waals surface area contributed by atoms with E-state index in [0.717, 1.165) is 0 Å². The SMILES string of the molecule is CCOC(=O)c1ccc(NS(=O)(=O)Cc2ccccc2F)c(Cl)c1. The van der Waals surface area contributed by atoms with Crippen LogP contribution in [-0.4, -0.2) is 21.0 Å². The molecule has 0 aliphatic carbocycles. The fourth-order valence-electron chi connectivity index (χ4n) is 1.96. The summed E-state index contributed by atoms with van der Waals surface area (Å²) in [5, 5.41) is 0.0395. The van der Waals surface area contributed by atoms with Gasteiger partial charge in [-0.05, 0) is 31.2 Å². The smallest absolute Gasteiger partial charge is 0.338 e. The molecule has 8 heteroatoms. The van der Waals surface area contributed by atoms with E-state index in [2.05, 4.69) is 4.72 Å². The lowest BCUT2D eigenvalue weighted by atomic mass is 10.2. The molecule has 0 spiro atoms. The molecule has 2 aromatic carbocycles. The highest BCUT2D eigenvalue weighted by molar-refractivity contribution is 7.91. The van der Waals surface area contributed by atoms with Crippen molar-refractivity contribution in [1.82, 2.24) is 0 Å². The molecule has 24 heavy (non-hydrogen) atoms. The summed E-state index contributed by atoms with van der Waals surface area (Å²) < 4.78 is 45.0. The maximum absolute atomic E-state index is 13.6. The molecular formula is C16H15ClFNO4S. The topological polar surface area (TPSA) is 72.5 Å². The van der Waals surface area contributed by atoms with Crippen LogP contribution < -0.4 is 4.72 Å². The van der Waals surface area contributed by atoms with Crippen molar-refractivity contribution < 1.29 is 22.3 Å². The Bertz CT molecular complexity index is 855. The zero-order valence-electron chi connectivity index (χ0n) is 12.8. The Morgan fingerprint density at radius 3 is 2.58 bits per heavy atom. The minimum Gasteiger partial charge on any atom is -0.462 e. The lowest BCUT2D eigenvalue weighted by Crippen LogP contribution is -2.16. The number of hydrogen-bond acceptors (Lipinski definition) is 4. The third-order valence-electron chi connectivity index (χ3n) is 3.05. The highest BCUT2D eigenvalue weighted by Gasteiger charge is 2.17. The second kappa shape index (κ2) is 7.63. The number of benzene rings is 2.